The predicted molar refractivity (Wildman–Crippen MR) is 96.9 cm³/mol. The molecular weight excluding hydrogens is 384 g/mol. The van der Waals surface area contributed by atoms with Crippen LogP contribution in [0.5, 0.6) is 0 Å². The van der Waals surface area contributed by atoms with Crippen molar-refractivity contribution < 1.29 is 4.52 Å². The average Bonchev–Trinajstić information content (AvgIpc) is 3.23. The number of hydrogen-bond acceptors (Lipinski definition) is 6. The molecule has 2 N–H and O–H groups in total. The number of nitrogen functional groups attached to an aromatic ring is 1. The predicted octanol–water partition coefficient (Wildman–Crippen LogP) is 3.64. The highest BCUT2D eigenvalue weighted by Gasteiger charge is 2.19. The van der Waals surface area contributed by atoms with E-state index in [1.165, 1.54) is 4.68 Å². The van der Waals surface area contributed by atoms with Crippen LogP contribution in [0.1, 0.15) is 5.56 Å². The highest BCUT2D eigenvalue weighted by Crippen LogP contribution is 2.26. The third-order valence-corrected chi connectivity index (χ3v) is 4.24. The van der Waals surface area contributed by atoms with Crippen molar-refractivity contribution in [2.24, 2.45) is 0 Å². The third-order valence-electron chi connectivity index (χ3n) is 3.71. The van der Waals surface area contributed by atoms with E-state index >= 15 is 0 Å². The van der Waals surface area contributed by atoms with Gasteiger partial charge >= 0.3 is 0 Å². The molecule has 2 aromatic carbocycles. The molecule has 124 valence electrons. The smallest absolute Gasteiger partial charge is 0.282 e. The maximum absolute atomic E-state index is 6.18. The van der Waals surface area contributed by atoms with Gasteiger partial charge in [-0.25, -0.2) is 0 Å². The molecule has 2 heterocycles. The molecule has 0 saturated carbocycles. The average molecular weight is 397 g/mol. The topological polar surface area (TPSA) is 95.6 Å². The lowest BCUT2D eigenvalue weighted by Crippen LogP contribution is -2.02. The molecule has 8 heteroatoms. The zero-order valence-corrected chi connectivity index (χ0v) is 14.8. The molecule has 25 heavy (non-hydrogen) atoms. The first-order valence-electron chi connectivity index (χ1n) is 7.50. The standard InChI is InChI=1S/C17H13BrN6O/c1-10-2-8-13(9-3-10)24-15(19)14(21-23-24)17-20-16(22-25-17)11-4-6-12(18)7-5-11/h2-9H,19H2,1H3. The number of anilines is 1. The van der Waals surface area contributed by atoms with Gasteiger partial charge in [-0.1, -0.05) is 44.0 Å². The Morgan fingerprint density at radius 2 is 1.76 bits per heavy atom. The fraction of sp³-hybridized carbons (Fsp3) is 0.0588. The van der Waals surface area contributed by atoms with Crippen LogP contribution >= 0.6 is 15.9 Å². The number of hydrogen-bond donors (Lipinski definition) is 1. The molecule has 0 saturated heterocycles. The van der Waals surface area contributed by atoms with Crippen molar-refractivity contribution in [3.05, 3.63) is 58.6 Å². The molecular formula is C17H13BrN6O. The van der Waals surface area contributed by atoms with E-state index in [2.05, 4.69) is 36.4 Å². The number of nitrogens with zero attached hydrogens (tertiary/aromatic N) is 5. The maximum Gasteiger partial charge on any atom is 0.282 e. The van der Waals surface area contributed by atoms with Crippen LogP contribution in [0.4, 0.5) is 5.82 Å². The lowest BCUT2D eigenvalue weighted by molar-refractivity contribution is 0.431. The van der Waals surface area contributed by atoms with Gasteiger partial charge in [-0.2, -0.15) is 9.67 Å². The largest absolute Gasteiger partial charge is 0.382 e. The van der Waals surface area contributed by atoms with Crippen LogP contribution in [0.3, 0.4) is 0 Å². The number of nitrogens with two attached hydrogens (primary N) is 1. The molecule has 2 aromatic heterocycles. The Labute approximate surface area is 151 Å². The second kappa shape index (κ2) is 6.14. The lowest BCUT2D eigenvalue weighted by atomic mass is 10.2. The molecule has 0 fully saturated rings. The zero-order valence-electron chi connectivity index (χ0n) is 13.2. The zero-order chi connectivity index (χ0) is 17.4. The summed E-state index contributed by atoms with van der Waals surface area (Å²) in [5.74, 6) is 1.04. The summed E-state index contributed by atoms with van der Waals surface area (Å²) in [5.41, 5.74) is 9.34. The number of halogens is 1. The first-order chi connectivity index (χ1) is 12.1. The molecule has 0 spiro atoms. The number of aromatic nitrogens is 5. The third kappa shape index (κ3) is 2.91. The van der Waals surface area contributed by atoms with E-state index in [1.54, 1.807) is 0 Å². The lowest BCUT2D eigenvalue weighted by Gasteiger charge is -2.02. The Bertz CT molecular complexity index is 1020. The summed E-state index contributed by atoms with van der Waals surface area (Å²) in [6.45, 7) is 2.02. The fourth-order valence-corrected chi connectivity index (χ4v) is 2.62. The summed E-state index contributed by atoms with van der Waals surface area (Å²) in [4.78, 5) is 4.37. The van der Waals surface area contributed by atoms with Gasteiger partial charge in [0, 0.05) is 10.0 Å². The van der Waals surface area contributed by atoms with Crippen molar-refractivity contribution in [3.63, 3.8) is 0 Å². The van der Waals surface area contributed by atoms with Gasteiger partial charge in [0.2, 0.25) is 5.82 Å². The Morgan fingerprint density at radius 1 is 1.04 bits per heavy atom. The van der Waals surface area contributed by atoms with E-state index in [-0.39, 0.29) is 5.89 Å². The van der Waals surface area contributed by atoms with Gasteiger partial charge in [0.05, 0.1) is 5.69 Å². The minimum atomic E-state index is 0.230. The van der Waals surface area contributed by atoms with E-state index in [1.807, 2.05) is 55.5 Å². The molecule has 0 aliphatic rings. The molecule has 7 nitrogen and oxygen atoms in total. The molecule has 0 atom stereocenters. The van der Waals surface area contributed by atoms with Crippen molar-refractivity contribution in [2.75, 3.05) is 5.73 Å². The Hall–Kier alpha value is -3.00. The highest BCUT2D eigenvalue weighted by atomic mass is 79.9. The van der Waals surface area contributed by atoms with E-state index < -0.39 is 0 Å². The van der Waals surface area contributed by atoms with E-state index in [0.717, 1.165) is 21.3 Å². The van der Waals surface area contributed by atoms with Crippen LogP contribution in [-0.4, -0.2) is 25.1 Å². The Balaban J connectivity index is 1.69. The van der Waals surface area contributed by atoms with E-state index in [0.29, 0.717) is 17.3 Å². The minimum Gasteiger partial charge on any atom is -0.382 e. The van der Waals surface area contributed by atoms with Gasteiger partial charge in [0.25, 0.3) is 5.89 Å². The summed E-state index contributed by atoms with van der Waals surface area (Å²) in [5, 5.41) is 12.2. The summed E-state index contributed by atoms with van der Waals surface area (Å²) in [7, 11) is 0. The first-order valence-corrected chi connectivity index (χ1v) is 8.29. The van der Waals surface area contributed by atoms with E-state index in [9.17, 15) is 0 Å². The summed E-state index contributed by atoms with van der Waals surface area (Å²) in [6.07, 6.45) is 0. The van der Waals surface area contributed by atoms with Gasteiger partial charge in [-0.05, 0) is 43.3 Å². The van der Waals surface area contributed by atoms with Crippen LogP contribution in [-0.2, 0) is 0 Å². The molecule has 0 aliphatic heterocycles. The minimum absolute atomic E-state index is 0.230. The molecule has 0 amide bonds. The van der Waals surface area contributed by atoms with Crippen molar-refractivity contribution in [1.82, 2.24) is 25.1 Å². The summed E-state index contributed by atoms with van der Waals surface area (Å²) < 4.78 is 7.83. The second-order valence-corrected chi connectivity index (χ2v) is 6.42. The van der Waals surface area contributed by atoms with Gasteiger partial charge in [0.15, 0.2) is 11.5 Å². The van der Waals surface area contributed by atoms with Crippen molar-refractivity contribution in [1.29, 1.82) is 0 Å². The van der Waals surface area contributed by atoms with Gasteiger partial charge in [-0.3, -0.25) is 0 Å². The van der Waals surface area contributed by atoms with Gasteiger partial charge < -0.3 is 10.3 Å². The quantitative estimate of drug-likeness (QED) is 0.567. The van der Waals surface area contributed by atoms with Crippen LogP contribution in [0, 0.1) is 6.92 Å². The van der Waals surface area contributed by atoms with Crippen molar-refractivity contribution in [2.45, 2.75) is 6.92 Å². The molecule has 4 aromatic rings. The summed E-state index contributed by atoms with van der Waals surface area (Å²) in [6, 6.07) is 15.4. The first kappa shape index (κ1) is 15.5. The van der Waals surface area contributed by atoms with Crippen LogP contribution in [0.15, 0.2) is 57.5 Å². The SMILES string of the molecule is Cc1ccc(-n2nnc(-c3nc(-c4ccc(Br)cc4)no3)c2N)cc1. The number of benzene rings is 2. The van der Waals surface area contributed by atoms with Crippen LogP contribution in [0.25, 0.3) is 28.7 Å². The second-order valence-electron chi connectivity index (χ2n) is 5.50. The maximum atomic E-state index is 6.18. The molecule has 0 unspecified atom stereocenters. The monoisotopic (exact) mass is 396 g/mol. The fourth-order valence-electron chi connectivity index (χ4n) is 2.35. The molecule has 0 radical (unpaired) electrons. The molecule has 0 aliphatic carbocycles. The molecule has 0 bridgehead atoms. The normalized spacial score (nSPS) is 11.0. The van der Waals surface area contributed by atoms with Crippen molar-refractivity contribution >= 4 is 21.7 Å². The number of aryl methyl sites for hydroxylation is 1. The van der Waals surface area contributed by atoms with E-state index in [4.69, 9.17) is 10.3 Å². The highest BCUT2D eigenvalue weighted by molar-refractivity contribution is 9.10. The Kier molecular flexibility index (Phi) is 3.81. The van der Waals surface area contributed by atoms with Gasteiger partial charge in [0.1, 0.15) is 0 Å². The van der Waals surface area contributed by atoms with Gasteiger partial charge in [-0.15, -0.1) is 5.10 Å². The number of rotatable bonds is 3. The molecule has 4 rings (SSSR count). The Morgan fingerprint density at radius 3 is 2.48 bits per heavy atom. The van der Waals surface area contributed by atoms with Crippen molar-refractivity contribution in [3.8, 4) is 28.7 Å². The summed E-state index contributed by atoms with van der Waals surface area (Å²) >= 11 is 3.40. The van der Waals surface area contributed by atoms with Crippen LogP contribution < -0.4 is 5.73 Å². The van der Waals surface area contributed by atoms with Crippen LogP contribution in [0.2, 0.25) is 0 Å².